The molecule has 1 rings (SSSR count). The van der Waals surface area contributed by atoms with E-state index in [2.05, 4.69) is 5.32 Å². The van der Waals surface area contributed by atoms with Gasteiger partial charge in [-0.25, -0.2) is 4.39 Å². The molecule has 1 unspecified atom stereocenters. The third kappa shape index (κ3) is 4.20. The van der Waals surface area contributed by atoms with Crippen LogP contribution in [0.5, 0.6) is 5.75 Å². The molecule has 1 amide bonds. The van der Waals surface area contributed by atoms with Crippen LogP contribution in [-0.2, 0) is 0 Å². The minimum absolute atomic E-state index is 0.0147. The third-order valence-corrected chi connectivity index (χ3v) is 3.18. The van der Waals surface area contributed by atoms with Gasteiger partial charge in [-0.15, -0.1) is 0 Å². The second-order valence-electron chi connectivity index (χ2n) is 5.75. The molecule has 112 valence electrons. The fourth-order valence-electron chi connectivity index (χ4n) is 1.90. The summed E-state index contributed by atoms with van der Waals surface area (Å²) in [4.78, 5) is 12.1. The average molecular weight is 283 g/mol. The van der Waals surface area contributed by atoms with E-state index in [0.717, 1.165) is 6.07 Å². The molecule has 0 aliphatic carbocycles. The summed E-state index contributed by atoms with van der Waals surface area (Å²) in [6.07, 6.45) is 0.452. The number of carbonyl (C=O) groups excluding carboxylic acids is 1. The zero-order chi connectivity index (χ0) is 15.3. The first-order valence-electron chi connectivity index (χ1n) is 6.55. The summed E-state index contributed by atoms with van der Waals surface area (Å²) in [7, 11) is 1.37. The Morgan fingerprint density at radius 2 is 2.10 bits per heavy atom. The summed E-state index contributed by atoms with van der Waals surface area (Å²) in [5.74, 6) is -0.834. The van der Waals surface area contributed by atoms with Crippen molar-refractivity contribution in [2.45, 2.75) is 33.2 Å². The van der Waals surface area contributed by atoms with Crippen molar-refractivity contribution < 1.29 is 19.0 Å². The van der Waals surface area contributed by atoms with E-state index in [1.807, 2.05) is 20.8 Å². The van der Waals surface area contributed by atoms with Gasteiger partial charge in [0, 0.05) is 18.2 Å². The van der Waals surface area contributed by atoms with Gasteiger partial charge in [0.05, 0.1) is 7.11 Å². The van der Waals surface area contributed by atoms with Gasteiger partial charge in [-0.05, 0) is 30.0 Å². The number of hydrogen-bond donors (Lipinski definition) is 2. The Hall–Kier alpha value is -1.62. The molecule has 1 atom stereocenters. The number of methoxy groups -OCH3 is 1. The topological polar surface area (TPSA) is 58.6 Å². The highest BCUT2D eigenvalue weighted by Gasteiger charge is 2.26. The van der Waals surface area contributed by atoms with Crippen LogP contribution in [0.4, 0.5) is 4.39 Å². The highest BCUT2D eigenvalue weighted by atomic mass is 19.1. The predicted molar refractivity (Wildman–Crippen MR) is 75.4 cm³/mol. The van der Waals surface area contributed by atoms with E-state index in [1.54, 1.807) is 0 Å². The zero-order valence-corrected chi connectivity index (χ0v) is 12.4. The maximum atomic E-state index is 13.6. The van der Waals surface area contributed by atoms with Gasteiger partial charge in [0.15, 0.2) is 11.6 Å². The number of ether oxygens (including phenoxy) is 1. The second-order valence-corrected chi connectivity index (χ2v) is 5.75. The van der Waals surface area contributed by atoms with Crippen molar-refractivity contribution in [3.05, 3.63) is 29.6 Å². The number of amides is 1. The van der Waals surface area contributed by atoms with Crippen LogP contribution in [0.3, 0.4) is 0 Å². The van der Waals surface area contributed by atoms with E-state index < -0.39 is 5.82 Å². The van der Waals surface area contributed by atoms with Crippen LogP contribution in [0.2, 0.25) is 0 Å². The van der Waals surface area contributed by atoms with Gasteiger partial charge in [0.1, 0.15) is 0 Å². The van der Waals surface area contributed by atoms with Gasteiger partial charge in [-0.3, -0.25) is 4.79 Å². The largest absolute Gasteiger partial charge is 0.494 e. The number of nitrogens with one attached hydrogen (secondary N) is 1. The van der Waals surface area contributed by atoms with Gasteiger partial charge in [0.2, 0.25) is 0 Å². The van der Waals surface area contributed by atoms with Crippen molar-refractivity contribution in [1.82, 2.24) is 5.32 Å². The fourth-order valence-corrected chi connectivity index (χ4v) is 1.90. The van der Waals surface area contributed by atoms with Gasteiger partial charge in [-0.1, -0.05) is 20.8 Å². The van der Waals surface area contributed by atoms with E-state index in [0.29, 0.717) is 6.42 Å². The van der Waals surface area contributed by atoms with Crippen LogP contribution in [0, 0.1) is 11.2 Å². The lowest BCUT2D eigenvalue weighted by atomic mass is 9.85. The summed E-state index contributed by atoms with van der Waals surface area (Å²) in [6, 6.07) is 3.88. The lowest BCUT2D eigenvalue weighted by Gasteiger charge is -2.31. The zero-order valence-electron chi connectivity index (χ0n) is 12.4. The molecule has 0 saturated carbocycles. The van der Waals surface area contributed by atoms with Crippen LogP contribution in [0.25, 0.3) is 0 Å². The molecule has 0 aliphatic rings. The summed E-state index contributed by atoms with van der Waals surface area (Å²) < 4.78 is 18.4. The number of halogens is 1. The monoisotopic (exact) mass is 283 g/mol. The van der Waals surface area contributed by atoms with Gasteiger partial charge in [0.25, 0.3) is 5.91 Å². The van der Waals surface area contributed by atoms with Crippen LogP contribution in [-0.4, -0.2) is 30.8 Å². The summed E-state index contributed by atoms with van der Waals surface area (Å²) in [6.45, 7) is 5.91. The van der Waals surface area contributed by atoms with E-state index in [4.69, 9.17) is 9.84 Å². The molecule has 0 fully saturated rings. The summed E-state index contributed by atoms with van der Waals surface area (Å²) in [5.41, 5.74) is 0.0409. The summed E-state index contributed by atoms with van der Waals surface area (Å²) >= 11 is 0. The molecule has 0 heterocycles. The van der Waals surface area contributed by atoms with Gasteiger partial charge < -0.3 is 15.2 Å². The highest BCUT2D eigenvalue weighted by Crippen LogP contribution is 2.23. The van der Waals surface area contributed by atoms with Crippen molar-refractivity contribution in [3.63, 3.8) is 0 Å². The second kappa shape index (κ2) is 6.70. The number of aliphatic hydroxyl groups excluding tert-OH is 1. The molecule has 0 saturated heterocycles. The molecule has 0 bridgehead atoms. The molecular weight excluding hydrogens is 261 g/mol. The Morgan fingerprint density at radius 1 is 1.45 bits per heavy atom. The SMILES string of the molecule is COc1ccc(C(=O)NC(CCO)C(C)(C)C)cc1F. The lowest BCUT2D eigenvalue weighted by molar-refractivity contribution is 0.0884. The molecular formula is C15H22FNO3. The number of carbonyl (C=O) groups is 1. The van der Waals surface area contributed by atoms with E-state index in [-0.39, 0.29) is 35.3 Å². The Bertz CT molecular complexity index is 469. The normalized spacial score (nSPS) is 12.9. The van der Waals surface area contributed by atoms with Crippen molar-refractivity contribution >= 4 is 5.91 Å². The maximum Gasteiger partial charge on any atom is 0.251 e. The molecule has 0 spiro atoms. The Kier molecular flexibility index (Phi) is 5.51. The molecule has 1 aromatic rings. The quantitative estimate of drug-likeness (QED) is 0.872. The van der Waals surface area contributed by atoms with Crippen molar-refractivity contribution in [1.29, 1.82) is 0 Å². The minimum atomic E-state index is -0.574. The molecule has 4 nitrogen and oxygen atoms in total. The number of benzene rings is 1. The number of hydrogen-bond acceptors (Lipinski definition) is 3. The smallest absolute Gasteiger partial charge is 0.251 e. The third-order valence-electron chi connectivity index (χ3n) is 3.18. The minimum Gasteiger partial charge on any atom is -0.494 e. The Morgan fingerprint density at radius 3 is 2.55 bits per heavy atom. The van der Waals surface area contributed by atoms with E-state index in [9.17, 15) is 9.18 Å². The van der Waals surface area contributed by atoms with Crippen LogP contribution >= 0.6 is 0 Å². The number of aliphatic hydroxyl groups is 1. The predicted octanol–water partition coefficient (Wildman–Crippen LogP) is 2.36. The molecule has 2 N–H and O–H groups in total. The van der Waals surface area contributed by atoms with Crippen molar-refractivity contribution in [2.24, 2.45) is 5.41 Å². The molecule has 5 heteroatoms. The molecule has 0 aliphatic heterocycles. The summed E-state index contributed by atoms with van der Waals surface area (Å²) in [5, 5.41) is 11.9. The van der Waals surface area contributed by atoms with Crippen LogP contribution < -0.4 is 10.1 Å². The molecule has 20 heavy (non-hydrogen) atoms. The maximum absolute atomic E-state index is 13.6. The van der Waals surface area contributed by atoms with Crippen molar-refractivity contribution in [3.8, 4) is 5.75 Å². The average Bonchev–Trinajstić information content (AvgIpc) is 2.36. The van der Waals surface area contributed by atoms with Crippen LogP contribution in [0.1, 0.15) is 37.6 Å². The van der Waals surface area contributed by atoms with Crippen molar-refractivity contribution in [2.75, 3.05) is 13.7 Å². The highest BCUT2D eigenvalue weighted by molar-refractivity contribution is 5.94. The standard InChI is InChI=1S/C15H22FNO3/c1-15(2,3)13(7-8-18)17-14(19)10-5-6-12(20-4)11(16)9-10/h5-6,9,13,18H,7-8H2,1-4H3,(H,17,19). The lowest BCUT2D eigenvalue weighted by Crippen LogP contribution is -2.44. The molecule has 1 aromatic carbocycles. The van der Waals surface area contributed by atoms with Gasteiger partial charge >= 0.3 is 0 Å². The molecule has 0 aromatic heterocycles. The first-order valence-corrected chi connectivity index (χ1v) is 6.55. The molecule has 0 radical (unpaired) electrons. The Balaban J connectivity index is 2.86. The van der Waals surface area contributed by atoms with E-state index >= 15 is 0 Å². The fraction of sp³-hybridized carbons (Fsp3) is 0.533. The van der Waals surface area contributed by atoms with E-state index in [1.165, 1.54) is 19.2 Å². The van der Waals surface area contributed by atoms with Gasteiger partial charge in [-0.2, -0.15) is 0 Å². The number of rotatable bonds is 5. The van der Waals surface area contributed by atoms with Crippen LogP contribution in [0.15, 0.2) is 18.2 Å². The first-order chi connectivity index (χ1) is 9.29. The Labute approximate surface area is 119 Å². The first kappa shape index (κ1) is 16.4.